The molecule has 1 aliphatic heterocycles. The molecule has 10 heteroatoms. The molecule has 4 N–H and O–H groups in total. The summed E-state index contributed by atoms with van der Waals surface area (Å²) in [5, 5.41) is 0. The molecule has 2 aromatic carbocycles. The highest BCUT2D eigenvalue weighted by Crippen LogP contribution is 2.44. The first-order valence-corrected chi connectivity index (χ1v) is 16.5. The lowest BCUT2D eigenvalue weighted by Gasteiger charge is -2.35. The van der Waals surface area contributed by atoms with Crippen LogP contribution in [0.1, 0.15) is 80.2 Å². The molecule has 2 aliphatic carbocycles. The number of benzene rings is 2. The molecular formula is C37H44FN5O4. The number of hydrogen-bond acceptors (Lipinski definition) is 6. The largest absolute Gasteiger partial charge is 0.404 e. The number of ketones is 1. The number of primary amides is 1. The van der Waals surface area contributed by atoms with Crippen LogP contribution in [0.25, 0.3) is 5.57 Å². The van der Waals surface area contributed by atoms with Crippen molar-refractivity contribution in [2.24, 2.45) is 22.4 Å². The number of carbonyl (C=O) groups is 4. The minimum atomic E-state index is -1.03. The van der Waals surface area contributed by atoms with Crippen LogP contribution in [0, 0.1) is 11.7 Å². The van der Waals surface area contributed by atoms with Crippen LogP contribution in [0.5, 0.6) is 0 Å². The van der Waals surface area contributed by atoms with Crippen molar-refractivity contribution in [1.29, 1.82) is 0 Å². The van der Waals surface area contributed by atoms with Crippen molar-refractivity contribution < 1.29 is 23.6 Å². The van der Waals surface area contributed by atoms with Crippen LogP contribution in [0.2, 0.25) is 0 Å². The first kappa shape index (κ1) is 33.8. The third kappa shape index (κ3) is 7.21. The summed E-state index contributed by atoms with van der Waals surface area (Å²) in [6.07, 6.45) is 11.9. The number of nitrogens with zero attached hydrogens (tertiary/aromatic N) is 3. The van der Waals surface area contributed by atoms with Crippen LogP contribution < -0.4 is 11.5 Å². The number of imide groups is 1. The van der Waals surface area contributed by atoms with Gasteiger partial charge in [-0.2, -0.15) is 0 Å². The Morgan fingerprint density at radius 1 is 1.04 bits per heavy atom. The van der Waals surface area contributed by atoms with E-state index in [9.17, 15) is 23.6 Å². The zero-order valence-electron chi connectivity index (χ0n) is 27.2. The highest BCUT2D eigenvalue weighted by Gasteiger charge is 2.48. The molecule has 0 unspecified atom stereocenters. The number of hydrogen-bond donors (Lipinski definition) is 2. The SMILES string of the molecule is CC/C=C/C(=O)CN=CC(=CN)c1ccc2c(c1)CC[C@]2(CC)C(=O)N(CC(=O)N1Cc2ccc(F)cc2CC[C@@H]1C1CC1)C(N)=O. The monoisotopic (exact) mass is 641 g/mol. The predicted octanol–water partition coefficient (Wildman–Crippen LogP) is 4.99. The minimum absolute atomic E-state index is 0.0117. The summed E-state index contributed by atoms with van der Waals surface area (Å²) in [6, 6.07) is 9.33. The molecule has 0 bridgehead atoms. The highest BCUT2D eigenvalue weighted by atomic mass is 19.1. The van der Waals surface area contributed by atoms with Crippen LogP contribution in [-0.2, 0) is 39.2 Å². The lowest BCUT2D eigenvalue weighted by Crippen LogP contribution is -2.55. The van der Waals surface area contributed by atoms with E-state index in [1.54, 1.807) is 23.3 Å². The van der Waals surface area contributed by atoms with E-state index in [0.717, 1.165) is 52.0 Å². The third-order valence-electron chi connectivity index (χ3n) is 9.89. The quantitative estimate of drug-likeness (QED) is 0.263. The van der Waals surface area contributed by atoms with E-state index >= 15 is 0 Å². The molecule has 4 amide bonds. The number of fused-ring (bicyclic) bond motifs is 2. The van der Waals surface area contributed by atoms with Crippen molar-refractivity contribution in [2.45, 2.75) is 83.2 Å². The van der Waals surface area contributed by atoms with Crippen molar-refractivity contribution in [3.8, 4) is 0 Å². The van der Waals surface area contributed by atoms with Crippen LogP contribution >= 0.6 is 0 Å². The Morgan fingerprint density at radius 3 is 2.51 bits per heavy atom. The average Bonchev–Trinajstić information content (AvgIpc) is 3.86. The number of halogens is 1. The van der Waals surface area contributed by atoms with Gasteiger partial charge in [-0.25, -0.2) is 9.18 Å². The van der Waals surface area contributed by atoms with Gasteiger partial charge in [-0.15, -0.1) is 0 Å². The Balaban J connectivity index is 1.36. The number of amides is 4. The van der Waals surface area contributed by atoms with Crippen LogP contribution in [-0.4, -0.2) is 58.8 Å². The van der Waals surface area contributed by atoms with Gasteiger partial charge in [-0.05, 0) is 103 Å². The molecule has 0 aromatic heterocycles. The molecule has 0 saturated heterocycles. The second-order valence-electron chi connectivity index (χ2n) is 12.8. The molecule has 47 heavy (non-hydrogen) atoms. The van der Waals surface area contributed by atoms with E-state index in [1.165, 1.54) is 24.4 Å². The Morgan fingerprint density at radius 2 is 1.83 bits per heavy atom. The lowest BCUT2D eigenvalue weighted by molar-refractivity contribution is -0.143. The van der Waals surface area contributed by atoms with Crippen LogP contribution in [0.3, 0.4) is 0 Å². The number of nitrogens with two attached hydrogens (primary N) is 2. The Hall–Kier alpha value is -4.60. The normalized spacial score (nSPS) is 21.0. The maximum atomic E-state index is 14.3. The maximum Gasteiger partial charge on any atom is 0.321 e. The molecule has 2 atom stereocenters. The topological polar surface area (TPSA) is 139 Å². The first-order chi connectivity index (χ1) is 22.6. The van der Waals surface area contributed by atoms with E-state index < -0.39 is 23.9 Å². The molecule has 9 nitrogen and oxygen atoms in total. The highest BCUT2D eigenvalue weighted by molar-refractivity contribution is 6.10. The Kier molecular flexibility index (Phi) is 10.4. The molecule has 0 radical (unpaired) electrons. The van der Waals surface area contributed by atoms with Crippen molar-refractivity contribution in [3.05, 3.63) is 88.4 Å². The molecular weight excluding hydrogens is 597 g/mol. The van der Waals surface area contributed by atoms with E-state index in [-0.39, 0.29) is 30.1 Å². The fourth-order valence-electron chi connectivity index (χ4n) is 7.14. The van der Waals surface area contributed by atoms with Crippen molar-refractivity contribution in [2.75, 3.05) is 13.1 Å². The summed E-state index contributed by atoms with van der Waals surface area (Å²) in [4.78, 5) is 60.1. The van der Waals surface area contributed by atoms with Crippen molar-refractivity contribution >= 4 is 35.4 Å². The van der Waals surface area contributed by atoms with Crippen molar-refractivity contribution in [1.82, 2.24) is 9.80 Å². The minimum Gasteiger partial charge on any atom is -0.404 e. The smallest absolute Gasteiger partial charge is 0.321 e. The Bertz CT molecular complexity index is 1640. The molecule has 248 valence electrons. The summed E-state index contributed by atoms with van der Waals surface area (Å²) in [7, 11) is 0. The van der Waals surface area contributed by atoms with E-state index in [0.29, 0.717) is 50.1 Å². The molecule has 0 spiro atoms. The van der Waals surface area contributed by atoms with E-state index in [2.05, 4.69) is 4.99 Å². The molecule has 1 fully saturated rings. The van der Waals surface area contributed by atoms with Gasteiger partial charge in [0.15, 0.2) is 5.78 Å². The summed E-state index contributed by atoms with van der Waals surface area (Å²) in [6.45, 7) is 3.71. The number of aryl methyl sites for hydroxylation is 2. The van der Waals surface area contributed by atoms with Crippen LogP contribution in [0.15, 0.2) is 59.7 Å². The molecule has 2 aromatic rings. The van der Waals surface area contributed by atoms with Crippen molar-refractivity contribution in [3.63, 3.8) is 0 Å². The van der Waals surface area contributed by atoms with Gasteiger partial charge < -0.3 is 16.4 Å². The summed E-state index contributed by atoms with van der Waals surface area (Å²) >= 11 is 0. The van der Waals surface area contributed by atoms with Gasteiger partial charge in [-0.1, -0.05) is 44.2 Å². The molecule has 1 heterocycles. The van der Waals surface area contributed by atoms with Gasteiger partial charge in [0, 0.05) is 30.6 Å². The summed E-state index contributed by atoms with van der Waals surface area (Å²) in [5.41, 5.74) is 15.6. The van der Waals surface area contributed by atoms with Gasteiger partial charge in [0.2, 0.25) is 11.8 Å². The van der Waals surface area contributed by atoms with E-state index in [4.69, 9.17) is 11.5 Å². The second-order valence-corrected chi connectivity index (χ2v) is 12.8. The van der Waals surface area contributed by atoms with Gasteiger partial charge in [-0.3, -0.25) is 24.3 Å². The zero-order valence-corrected chi connectivity index (χ0v) is 27.2. The van der Waals surface area contributed by atoms with Gasteiger partial charge in [0.05, 0.1) is 5.41 Å². The predicted molar refractivity (Wildman–Crippen MR) is 180 cm³/mol. The fourth-order valence-corrected chi connectivity index (χ4v) is 7.14. The molecule has 1 saturated carbocycles. The maximum absolute atomic E-state index is 14.3. The number of carbonyl (C=O) groups excluding carboxylic acids is 4. The lowest BCUT2D eigenvalue weighted by atomic mass is 9.77. The van der Waals surface area contributed by atoms with Gasteiger partial charge in [0.1, 0.15) is 18.9 Å². The average molecular weight is 642 g/mol. The number of allylic oxidation sites excluding steroid dienone is 2. The first-order valence-electron chi connectivity index (χ1n) is 16.5. The van der Waals surface area contributed by atoms with Gasteiger partial charge in [0.25, 0.3) is 0 Å². The standard InChI is InChI=1S/C37H44FN5O4/c1-3-5-6-31(44)21-41-20-29(19-39)25-10-13-32-27(17-25)15-16-37(32,4-2)35(46)43(36(40)47)23-34(45)42-22-28-9-12-30(38)18-26(28)11-14-33(42)24-7-8-24/h5-6,9-10,12-13,17-20,24,33H,3-4,7-8,11,14-16,21-23,39H2,1-2H3,(H2,40,47)/b6-5+,29-19?,41-20?/t33-,37+/m1/s1. The third-order valence-corrected chi connectivity index (χ3v) is 9.89. The van der Waals surface area contributed by atoms with E-state index in [1.807, 2.05) is 32.0 Å². The second kappa shape index (κ2) is 14.4. The number of urea groups is 1. The zero-order chi connectivity index (χ0) is 33.7. The summed E-state index contributed by atoms with van der Waals surface area (Å²) < 4.78 is 14.0. The molecule has 3 aliphatic rings. The number of rotatable bonds is 11. The number of aliphatic imine (C=N–C) groups is 1. The summed E-state index contributed by atoms with van der Waals surface area (Å²) in [5.74, 6) is -0.879. The fraction of sp³-hybridized carbons (Fsp3) is 0.432. The van der Waals surface area contributed by atoms with Crippen LogP contribution in [0.4, 0.5) is 9.18 Å². The molecule has 5 rings (SSSR count). The van der Waals surface area contributed by atoms with Gasteiger partial charge >= 0.3 is 6.03 Å². The Labute approximate surface area is 275 Å².